The number of anilines is 1. The number of hydrogen-bond acceptors (Lipinski definition) is 3. The monoisotopic (exact) mass is 353 g/mol. The van der Waals surface area contributed by atoms with Crippen molar-refractivity contribution in [1.82, 2.24) is 4.90 Å². The van der Waals surface area contributed by atoms with Crippen molar-refractivity contribution in [3.05, 3.63) is 42.0 Å². The van der Waals surface area contributed by atoms with Crippen LogP contribution in [0, 0.1) is 11.3 Å². The predicted octanol–water partition coefficient (Wildman–Crippen LogP) is 3.48. The van der Waals surface area contributed by atoms with Crippen LogP contribution in [0.4, 0.5) is 18.9 Å². The Balaban J connectivity index is 2.57. The van der Waals surface area contributed by atoms with Gasteiger partial charge in [0.1, 0.15) is 5.54 Å². The fourth-order valence-corrected chi connectivity index (χ4v) is 2.99. The lowest BCUT2D eigenvalue weighted by Crippen LogP contribution is -2.44. The number of carbonyl (C=O) groups excluding carboxylic acids is 1. The smallest absolute Gasteiger partial charge is 0.331 e. The van der Waals surface area contributed by atoms with Crippen LogP contribution in [0.5, 0.6) is 0 Å². The van der Waals surface area contributed by atoms with Gasteiger partial charge in [-0.1, -0.05) is 6.08 Å². The molecule has 0 radical (unpaired) electrons. The van der Waals surface area contributed by atoms with Crippen molar-refractivity contribution in [2.75, 3.05) is 11.4 Å². The number of halogens is 3. The highest BCUT2D eigenvalue weighted by molar-refractivity contribution is 7.80. The maximum absolute atomic E-state index is 13.1. The first kappa shape index (κ1) is 17.9. The van der Waals surface area contributed by atoms with E-state index in [9.17, 15) is 18.0 Å². The van der Waals surface area contributed by atoms with Gasteiger partial charge in [0.25, 0.3) is 5.91 Å². The first-order valence-electron chi connectivity index (χ1n) is 6.94. The zero-order chi connectivity index (χ0) is 18.3. The summed E-state index contributed by atoms with van der Waals surface area (Å²) in [5.74, 6) is -0.438. The Kier molecular flexibility index (Phi) is 4.42. The zero-order valence-corrected chi connectivity index (χ0v) is 13.8. The quantitative estimate of drug-likeness (QED) is 0.617. The molecule has 24 heavy (non-hydrogen) atoms. The third-order valence-electron chi connectivity index (χ3n) is 3.82. The van der Waals surface area contributed by atoms with Crippen LogP contribution in [0.3, 0.4) is 0 Å². The Morgan fingerprint density at radius 3 is 2.54 bits per heavy atom. The van der Waals surface area contributed by atoms with Crippen molar-refractivity contribution in [3.63, 3.8) is 0 Å². The highest BCUT2D eigenvalue weighted by atomic mass is 32.1. The van der Waals surface area contributed by atoms with E-state index in [1.165, 1.54) is 12.1 Å². The molecule has 0 spiro atoms. The van der Waals surface area contributed by atoms with E-state index in [0.29, 0.717) is 0 Å². The van der Waals surface area contributed by atoms with Gasteiger partial charge in [-0.15, -0.1) is 6.58 Å². The molecule has 1 saturated heterocycles. The number of alkyl halides is 3. The van der Waals surface area contributed by atoms with E-state index < -0.39 is 28.7 Å². The molecule has 1 aliphatic rings. The minimum atomic E-state index is -4.71. The van der Waals surface area contributed by atoms with E-state index in [-0.39, 0.29) is 17.3 Å². The number of rotatable bonds is 3. The topological polar surface area (TPSA) is 47.3 Å². The molecule has 0 saturated carbocycles. The van der Waals surface area contributed by atoms with Crippen molar-refractivity contribution in [1.29, 1.82) is 5.26 Å². The summed E-state index contributed by atoms with van der Waals surface area (Å²) < 4.78 is 39.4. The highest BCUT2D eigenvalue weighted by Crippen LogP contribution is 2.37. The summed E-state index contributed by atoms with van der Waals surface area (Å²) in [6, 6.07) is 4.60. The Labute approximate surface area is 142 Å². The molecule has 1 aliphatic heterocycles. The van der Waals surface area contributed by atoms with Gasteiger partial charge in [0.05, 0.1) is 22.9 Å². The number of nitrogens with zero attached hydrogens (tertiary/aromatic N) is 3. The number of hydrogen-bond donors (Lipinski definition) is 0. The fourth-order valence-electron chi connectivity index (χ4n) is 2.50. The van der Waals surface area contributed by atoms with Gasteiger partial charge in [-0.3, -0.25) is 9.69 Å². The molecule has 0 aliphatic carbocycles. The van der Waals surface area contributed by atoms with Gasteiger partial charge in [0.2, 0.25) is 0 Å². The number of amides is 1. The average molecular weight is 353 g/mol. The summed E-state index contributed by atoms with van der Waals surface area (Å²) in [4.78, 5) is 15.3. The molecule has 8 heteroatoms. The SMILES string of the molecule is C=CCN1C(=S)N(c2ccc(C#N)c(C(F)(F)F)c2)C(=O)C1(C)C. The van der Waals surface area contributed by atoms with Gasteiger partial charge in [-0.05, 0) is 44.3 Å². The van der Waals surface area contributed by atoms with Crippen LogP contribution >= 0.6 is 12.2 Å². The van der Waals surface area contributed by atoms with E-state index in [2.05, 4.69) is 6.58 Å². The van der Waals surface area contributed by atoms with Crippen molar-refractivity contribution in [3.8, 4) is 6.07 Å². The molecule has 1 amide bonds. The van der Waals surface area contributed by atoms with Crippen LogP contribution in [0.15, 0.2) is 30.9 Å². The van der Waals surface area contributed by atoms with Crippen molar-refractivity contribution >= 4 is 28.9 Å². The molecule has 4 nitrogen and oxygen atoms in total. The minimum Gasteiger partial charge on any atom is -0.331 e. The summed E-state index contributed by atoms with van der Waals surface area (Å²) in [5, 5.41) is 8.96. The molecule has 0 N–H and O–H groups in total. The lowest BCUT2D eigenvalue weighted by molar-refractivity contribution is -0.137. The lowest BCUT2D eigenvalue weighted by atomic mass is 10.0. The summed E-state index contributed by atoms with van der Waals surface area (Å²) in [6.45, 7) is 7.17. The van der Waals surface area contributed by atoms with E-state index >= 15 is 0 Å². The van der Waals surface area contributed by atoms with Crippen LogP contribution in [-0.4, -0.2) is 28.0 Å². The van der Waals surface area contributed by atoms with Gasteiger partial charge < -0.3 is 4.90 Å². The fraction of sp³-hybridized carbons (Fsp3) is 0.312. The van der Waals surface area contributed by atoms with E-state index in [1.807, 2.05) is 0 Å². The van der Waals surface area contributed by atoms with Crippen LogP contribution in [0.1, 0.15) is 25.0 Å². The molecule has 0 unspecified atom stereocenters. The number of benzene rings is 1. The number of thiocarbonyl (C=S) groups is 1. The number of nitriles is 1. The summed E-state index contributed by atoms with van der Waals surface area (Å²) in [6.07, 6.45) is -3.15. The Hall–Kier alpha value is -2.40. The normalized spacial score (nSPS) is 17.2. The van der Waals surface area contributed by atoms with Gasteiger partial charge in [0, 0.05) is 6.54 Å². The molecule has 0 bridgehead atoms. The Bertz CT molecular complexity index is 765. The standard InChI is InChI=1S/C16H14F3N3OS/c1-4-7-21-14(24)22(13(23)15(21,2)3)11-6-5-10(9-20)12(8-11)16(17,18)19/h4-6,8H,1,7H2,2-3H3. The maximum Gasteiger partial charge on any atom is 0.417 e. The molecule has 0 aromatic heterocycles. The molecule has 126 valence electrons. The second-order valence-electron chi connectivity index (χ2n) is 5.72. The number of carbonyl (C=O) groups is 1. The van der Waals surface area contributed by atoms with Crippen molar-refractivity contribution < 1.29 is 18.0 Å². The molecule has 1 aromatic rings. The van der Waals surface area contributed by atoms with Gasteiger partial charge in [-0.2, -0.15) is 18.4 Å². The molecule has 1 heterocycles. The van der Waals surface area contributed by atoms with Crippen LogP contribution in [-0.2, 0) is 11.0 Å². The third-order valence-corrected chi connectivity index (χ3v) is 4.23. The molecular formula is C16H14F3N3OS. The van der Waals surface area contributed by atoms with Crippen LogP contribution in [0.25, 0.3) is 0 Å². The van der Waals surface area contributed by atoms with Gasteiger partial charge in [0.15, 0.2) is 5.11 Å². The summed E-state index contributed by atoms with van der Waals surface area (Å²) in [7, 11) is 0. The lowest BCUT2D eigenvalue weighted by Gasteiger charge is -2.27. The third kappa shape index (κ3) is 2.76. The Morgan fingerprint density at radius 1 is 1.42 bits per heavy atom. The molecular weight excluding hydrogens is 339 g/mol. The Morgan fingerprint density at radius 2 is 2.04 bits per heavy atom. The van der Waals surface area contributed by atoms with Gasteiger partial charge >= 0.3 is 6.18 Å². The predicted molar refractivity (Wildman–Crippen MR) is 87.2 cm³/mol. The van der Waals surface area contributed by atoms with Crippen LogP contribution < -0.4 is 4.90 Å². The minimum absolute atomic E-state index is 0.0176. The first-order chi connectivity index (χ1) is 11.1. The maximum atomic E-state index is 13.1. The average Bonchev–Trinajstić information content (AvgIpc) is 2.66. The second kappa shape index (κ2) is 5.91. The molecule has 2 rings (SSSR count). The second-order valence-corrected chi connectivity index (χ2v) is 6.09. The highest BCUT2D eigenvalue weighted by Gasteiger charge is 2.49. The summed E-state index contributed by atoms with van der Waals surface area (Å²) in [5.41, 5.74) is -2.63. The van der Waals surface area contributed by atoms with E-state index in [0.717, 1.165) is 17.0 Å². The molecule has 1 fully saturated rings. The summed E-state index contributed by atoms with van der Waals surface area (Å²) >= 11 is 5.27. The first-order valence-corrected chi connectivity index (χ1v) is 7.35. The van der Waals surface area contributed by atoms with Crippen LogP contribution in [0.2, 0.25) is 0 Å². The van der Waals surface area contributed by atoms with Gasteiger partial charge in [-0.25, -0.2) is 0 Å². The van der Waals surface area contributed by atoms with E-state index in [4.69, 9.17) is 17.5 Å². The van der Waals surface area contributed by atoms with Crippen molar-refractivity contribution in [2.24, 2.45) is 0 Å². The zero-order valence-electron chi connectivity index (χ0n) is 13.0. The molecule has 0 atom stereocenters. The molecule has 1 aromatic carbocycles. The van der Waals surface area contributed by atoms with Crippen molar-refractivity contribution in [2.45, 2.75) is 25.6 Å². The largest absolute Gasteiger partial charge is 0.417 e. The van der Waals surface area contributed by atoms with E-state index in [1.54, 1.807) is 24.8 Å².